The first-order chi connectivity index (χ1) is 22.1. The van der Waals surface area contributed by atoms with Crippen molar-refractivity contribution in [2.75, 3.05) is 7.11 Å². The minimum Gasteiger partial charge on any atom is -0.493 e. The van der Waals surface area contributed by atoms with Crippen LogP contribution in [0.25, 0.3) is 16.9 Å². The first kappa shape index (κ1) is 34.6. The number of alkyl halides is 8. The van der Waals surface area contributed by atoms with Gasteiger partial charge in [0.05, 0.1) is 24.2 Å². The molecule has 1 aromatic heterocycles. The van der Waals surface area contributed by atoms with Crippen LogP contribution in [-0.2, 0) is 11.0 Å². The lowest BCUT2D eigenvalue weighted by atomic mass is 9.95. The van der Waals surface area contributed by atoms with Gasteiger partial charge in [0.25, 0.3) is 11.5 Å². The summed E-state index contributed by atoms with van der Waals surface area (Å²) in [6.45, 7) is -1.20. The van der Waals surface area contributed by atoms with Crippen molar-refractivity contribution in [2.45, 2.75) is 32.3 Å². The van der Waals surface area contributed by atoms with Gasteiger partial charge in [-0.25, -0.2) is 5.43 Å². The third kappa shape index (κ3) is 8.51. The highest BCUT2D eigenvalue weighted by Gasteiger charge is 2.47. The van der Waals surface area contributed by atoms with E-state index >= 15 is 0 Å². The van der Waals surface area contributed by atoms with Crippen LogP contribution in [0.4, 0.5) is 35.1 Å². The molecule has 248 valence electrons. The third-order valence-corrected chi connectivity index (χ3v) is 6.69. The zero-order valence-corrected chi connectivity index (χ0v) is 24.4. The second-order valence-corrected chi connectivity index (χ2v) is 9.94. The average molecular weight is 669 g/mol. The number of rotatable bonds is 6. The molecule has 0 saturated carbocycles. The summed E-state index contributed by atoms with van der Waals surface area (Å²) in [6, 6.07) is 19.4. The molecule has 1 atom stereocenters. The van der Waals surface area contributed by atoms with Gasteiger partial charge in [-0.15, -0.1) is 0 Å². The second kappa shape index (κ2) is 14.0. The van der Waals surface area contributed by atoms with Crippen LogP contribution in [0.1, 0.15) is 23.1 Å². The summed E-state index contributed by atoms with van der Waals surface area (Å²) in [7, 11) is 1.19. The molecule has 1 aliphatic heterocycles. The van der Waals surface area contributed by atoms with E-state index in [-0.39, 0.29) is 34.2 Å². The molecule has 47 heavy (non-hydrogen) atoms. The van der Waals surface area contributed by atoms with Crippen molar-refractivity contribution < 1.29 is 49.4 Å². The van der Waals surface area contributed by atoms with Gasteiger partial charge >= 0.3 is 19.0 Å². The fourth-order valence-corrected chi connectivity index (χ4v) is 4.33. The molecule has 4 aromatic rings. The number of carbonyl (C=O) groups excluding carboxylic acids is 1. The molecule has 1 N–H and O–H groups in total. The Hall–Kier alpha value is -5.28. The zero-order valence-electron chi connectivity index (χ0n) is 24.4. The van der Waals surface area contributed by atoms with Crippen molar-refractivity contribution in [3.63, 3.8) is 0 Å². The van der Waals surface area contributed by atoms with Gasteiger partial charge in [-0.05, 0) is 43.3 Å². The van der Waals surface area contributed by atoms with Crippen LogP contribution in [-0.4, -0.2) is 41.3 Å². The van der Waals surface area contributed by atoms with Crippen molar-refractivity contribution >= 4 is 11.6 Å². The number of hydrazone groups is 1. The highest BCUT2D eigenvalue weighted by atomic mass is 19.4. The number of amides is 1. The van der Waals surface area contributed by atoms with Crippen LogP contribution in [0, 0.1) is 12.8 Å². The van der Waals surface area contributed by atoms with Crippen molar-refractivity contribution in [1.29, 1.82) is 0 Å². The molecule has 0 bridgehead atoms. The Morgan fingerprint density at radius 1 is 0.872 bits per heavy atom. The highest BCUT2D eigenvalue weighted by Crippen LogP contribution is 2.35. The molecule has 0 spiro atoms. The predicted molar refractivity (Wildman–Crippen MR) is 153 cm³/mol. The van der Waals surface area contributed by atoms with Gasteiger partial charge in [-0.1, -0.05) is 48.0 Å². The van der Waals surface area contributed by atoms with Gasteiger partial charge in [0.2, 0.25) is 0 Å². The van der Waals surface area contributed by atoms with Crippen LogP contribution in [0.15, 0.2) is 88.8 Å². The first-order valence-electron chi connectivity index (χ1n) is 13.5. The van der Waals surface area contributed by atoms with E-state index in [9.17, 15) is 44.7 Å². The molecule has 1 amide bonds. The van der Waals surface area contributed by atoms with Crippen molar-refractivity contribution in [1.82, 2.24) is 15.2 Å². The Morgan fingerprint density at radius 3 is 2.09 bits per heavy atom. The van der Waals surface area contributed by atoms with Crippen LogP contribution in [0.3, 0.4) is 0 Å². The molecule has 0 aliphatic carbocycles. The number of aryl methyl sites for hydroxylation is 1. The lowest BCUT2D eigenvalue weighted by Gasteiger charge is -2.23. The van der Waals surface area contributed by atoms with Gasteiger partial charge < -0.3 is 9.47 Å². The Kier molecular flexibility index (Phi) is 10.3. The number of hydrogen-bond acceptors (Lipinski definition) is 6. The number of benzene rings is 3. The molecule has 5 rings (SSSR count). The van der Waals surface area contributed by atoms with Gasteiger partial charge in [0, 0.05) is 17.5 Å². The summed E-state index contributed by atoms with van der Waals surface area (Å²) < 4.78 is 113. The maximum Gasteiger partial charge on any atom is 0.421 e. The molecular weight excluding hydrogens is 644 g/mol. The smallest absolute Gasteiger partial charge is 0.421 e. The Labute approximate surface area is 261 Å². The van der Waals surface area contributed by atoms with E-state index in [0.717, 1.165) is 22.4 Å². The fourth-order valence-electron chi connectivity index (χ4n) is 4.33. The van der Waals surface area contributed by atoms with Gasteiger partial charge in [-0.2, -0.15) is 50.0 Å². The second-order valence-electron chi connectivity index (χ2n) is 9.94. The molecule has 0 fully saturated rings. The number of halogens is 8. The van der Waals surface area contributed by atoms with E-state index in [0.29, 0.717) is 5.56 Å². The topological polar surface area (TPSA) is 94.8 Å². The van der Waals surface area contributed by atoms with E-state index in [4.69, 9.17) is 4.74 Å². The minimum atomic E-state index is -4.75. The van der Waals surface area contributed by atoms with Crippen LogP contribution < -0.4 is 20.5 Å². The monoisotopic (exact) mass is 668 g/mol. The Bertz CT molecular complexity index is 1810. The number of aromatic nitrogens is 2. The molecule has 0 radical (unpaired) electrons. The van der Waals surface area contributed by atoms with Crippen molar-refractivity contribution in [3.05, 3.63) is 106 Å². The van der Waals surface area contributed by atoms with Crippen LogP contribution in [0.2, 0.25) is 0 Å². The molecule has 8 nitrogen and oxygen atoms in total. The fraction of sp³-hybridized carbons (Fsp3) is 0.226. The molecule has 2 heterocycles. The van der Waals surface area contributed by atoms with Crippen molar-refractivity contribution in [3.8, 4) is 28.4 Å². The maximum absolute atomic E-state index is 13.3. The first-order valence-corrected chi connectivity index (χ1v) is 13.5. The maximum atomic E-state index is 13.3. The summed E-state index contributed by atoms with van der Waals surface area (Å²) in [5, 5.41) is 7.70. The molecule has 3 aromatic carbocycles. The SMILES string of the molecule is COc1cc(C2=NNC(=O)C(C(F)(F)F)C2)ccc1OC(F)F.Cc1ccc(-c2cc(C(F)(F)F)c(=O)n(-c3ccccc3)n2)cc1. The Morgan fingerprint density at radius 2 is 1.51 bits per heavy atom. The molecule has 1 aliphatic rings. The summed E-state index contributed by atoms with van der Waals surface area (Å²) in [6.07, 6.45) is -10.1. The van der Waals surface area contributed by atoms with Gasteiger partial charge in [0.15, 0.2) is 11.5 Å². The van der Waals surface area contributed by atoms with E-state index in [2.05, 4.69) is 14.9 Å². The highest BCUT2D eigenvalue weighted by molar-refractivity contribution is 6.05. The normalized spacial score (nSPS) is 14.9. The number of ether oxygens (including phenoxy) is 2. The molecule has 0 saturated heterocycles. The largest absolute Gasteiger partial charge is 0.493 e. The summed E-state index contributed by atoms with van der Waals surface area (Å²) in [4.78, 5) is 23.5. The lowest BCUT2D eigenvalue weighted by Crippen LogP contribution is -2.42. The summed E-state index contributed by atoms with van der Waals surface area (Å²) >= 11 is 0. The molecule has 16 heteroatoms. The standard InChI is InChI=1S/C18H13F3N2O.C13H11F5N2O3/c1-12-7-9-13(10-8-12)16-11-15(18(19,20)21)17(24)23(22-16)14-5-3-2-4-6-14;1-22-10-4-6(2-3-9(10)23-12(14)15)8-5-7(13(16,17)18)11(21)20-19-8/h2-11H,1H3;2-4,7,12H,5H2,1H3,(H,20,21). The zero-order chi connectivity index (χ0) is 34.5. The number of carbonyl (C=O) groups is 1. The van der Waals surface area contributed by atoms with E-state index in [1.54, 1.807) is 42.5 Å². The van der Waals surface area contributed by atoms with E-state index in [1.165, 1.54) is 31.4 Å². The van der Waals surface area contributed by atoms with Crippen LogP contribution in [0.5, 0.6) is 11.5 Å². The Balaban J connectivity index is 0.000000213. The number of hydrogen-bond donors (Lipinski definition) is 1. The van der Waals surface area contributed by atoms with Gasteiger partial charge in [0.1, 0.15) is 11.5 Å². The molecular formula is C31H24F8N4O4. The van der Waals surface area contributed by atoms with Crippen molar-refractivity contribution in [2.24, 2.45) is 11.0 Å². The van der Waals surface area contributed by atoms with E-state index in [1.807, 2.05) is 12.3 Å². The van der Waals surface area contributed by atoms with Gasteiger partial charge in [-0.3, -0.25) is 9.59 Å². The summed E-state index contributed by atoms with van der Waals surface area (Å²) in [5.41, 5.74) is 1.38. The number of para-hydroxylation sites is 1. The summed E-state index contributed by atoms with van der Waals surface area (Å²) in [5.74, 6) is -3.83. The number of nitrogens with one attached hydrogen (secondary N) is 1. The minimum absolute atomic E-state index is 0.0474. The average Bonchev–Trinajstić information content (AvgIpc) is 3.01. The third-order valence-electron chi connectivity index (χ3n) is 6.69. The lowest BCUT2D eigenvalue weighted by molar-refractivity contribution is -0.182. The van der Waals surface area contributed by atoms with Crippen LogP contribution >= 0.6 is 0 Å². The number of methoxy groups -OCH3 is 1. The quantitative estimate of drug-likeness (QED) is 0.225. The number of nitrogens with zero attached hydrogens (tertiary/aromatic N) is 3. The molecule has 1 unspecified atom stereocenters. The van der Waals surface area contributed by atoms with E-state index < -0.39 is 48.3 Å². The predicted octanol–water partition coefficient (Wildman–Crippen LogP) is 6.93.